The zero-order valence-corrected chi connectivity index (χ0v) is 10.8. The molecule has 0 rings (SSSR count). The van der Waals surface area contributed by atoms with Crippen molar-refractivity contribution in [3.63, 3.8) is 0 Å². The molecular weight excluding hydrogens is 204 g/mol. The number of hydrogen-bond acceptors (Lipinski definition) is 3. The number of rotatable bonds is 10. The molecular formula is C12H26N2O2. The Morgan fingerprint density at radius 1 is 1.38 bits per heavy atom. The van der Waals surface area contributed by atoms with Gasteiger partial charge in [-0.1, -0.05) is 13.3 Å². The lowest BCUT2D eigenvalue weighted by atomic mass is 10.2. The van der Waals surface area contributed by atoms with E-state index >= 15 is 0 Å². The molecule has 0 bridgehead atoms. The van der Waals surface area contributed by atoms with Crippen molar-refractivity contribution < 1.29 is 9.53 Å². The van der Waals surface area contributed by atoms with Crippen molar-refractivity contribution in [2.45, 2.75) is 46.1 Å². The van der Waals surface area contributed by atoms with Crippen LogP contribution in [0.15, 0.2) is 0 Å². The third kappa shape index (κ3) is 9.93. The van der Waals surface area contributed by atoms with Crippen LogP contribution in [0, 0.1) is 0 Å². The topological polar surface area (TPSA) is 50.4 Å². The van der Waals surface area contributed by atoms with Gasteiger partial charge in [-0.2, -0.15) is 0 Å². The maximum atomic E-state index is 11.4. The number of amides is 1. The zero-order chi connectivity index (χ0) is 12.2. The first-order valence-electron chi connectivity index (χ1n) is 6.28. The van der Waals surface area contributed by atoms with E-state index in [1.54, 1.807) is 0 Å². The van der Waals surface area contributed by atoms with Crippen LogP contribution in [0.4, 0.5) is 0 Å². The quantitative estimate of drug-likeness (QED) is 0.556. The highest BCUT2D eigenvalue weighted by molar-refractivity contribution is 5.78. The average Bonchev–Trinajstić information content (AvgIpc) is 2.23. The molecule has 4 nitrogen and oxygen atoms in total. The van der Waals surface area contributed by atoms with Crippen LogP contribution in [0.5, 0.6) is 0 Å². The first kappa shape index (κ1) is 15.4. The Bertz CT molecular complexity index is 174. The van der Waals surface area contributed by atoms with Gasteiger partial charge in [-0.05, 0) is 33.2 Å². The van der Waals surface area contributed by atoms with Crippen LogP contribution >= 0.6 is 0 Å². The van der Waals surface area contributed by atoms with Crippen LogP contribution in [0.2, 0.25) is 0 Å². The van der Waals surface area contributed by atoms with Crippen molar-refractivity contribution in [2.75, 3.05) is 26.3 Å². The van der Waals surface area contributed by atoms with Gasteiger partial charge in [-0.15, -0.1) is 0 Å². The molecule has 2 N–H and O–H groups in total. The number of carbonyl (C=O) groups excluding carboxylic acids is 1. The molecule has 1 unspecified atom stereocenters. The molecule has 0 saturated heterocycles. The van der Waals surface area contributed by atoms with E-state index in [9.17, 15) is 4.79 Å². The van der Waals surface area contributed by atoms with Gasteiger partial charge in [0.05, 0.1) is 6.54 Å². The molecule has 0 saturated carbocycles. The van der Waals surface area contributed by atoms with E-state index in [4.69, 9.17) is 4.74 Å². The van der Waals surface area contributed by atoms with Crippen LogP contribution in [0.1, 0.15) is 40.0 Å². The molecule has 0 heterocycles. The third-order valence-corrected chi connectivity index (χ3v) is 2.26. The van der Waals surface area contributed by atoms with Gasteiger partial charge in [0.2, 0.25) is 5.91 Å². The Labute approximate surface area is 99.1 Å². The first-order valence-corrected chi connectivity index (χ1v) is 6.28. The van der Waals surface area contributed by atoms with Crippen molar-refractivity contribution in [3.8, 4) is 0 Å². The largest absolute Gasteiger partial charge is 0.382 e. The average molecular weight is 230 g/mol. The molecule has 0 aromatic heterocycles. The van der Waals surface area contributed by atoms with Crippen molar-refractivity contribution in [1.29, 1.82) is 0 Å². The molecule has 0 aliphatic rings. The Kier molecular flexibility index (Phi) is 10.5. The minimum absolute atomic E-state index is 0.0809. The Balaban J connectivity index is 3.30. The maximum absolute atomic E-state index is 11.4. The summed E-state index contributed by atoms with van der Waals surface area (Å²) in [6.07, 6.45) is 3.09. The van der Waals surface area contributed by atoms with Gasteiger partial charge in [0.1, 0.15) is 0 Å². The number of ether oxygens (including phenoxy) is 1. The first-order chi connectivity index (χ1) is 7.70. The van der Waals surface area contributed by atoms with Gasteiger partial charge in [-0.3, -0.25) is 4.79 Å². The van der Waals surface area contributed by atoms with Gasteiger partial charge >= 0.3 is 0 Å². The Morgan fingerprint density at radius 3 is 2.75 bits per heavy atom. The molecule has 1 atom stereocenters. The van der Waals surface area contributed by atoms with Gasteiger partial charge in [0.15, 0.2) is 0 Å². The molecule has 0 spiro atoms. The Morgan fingerprint density at radius 2 is 2.12 bits per heavy atom. The molecule has 16 heavy (non-hydrogen) atoms. The van der Waals surface area contributed by atoms with Crippen molar-refractivity contribution in [1.82, 2.24) is 10.6 Å². The SMILES string of the molecule is CCCC(C)NC(=O)CNCCCOCC. The standard InChI is InChI=1S/C12H26N2O2/c1-4-7-11(3)14-12(15)10-13-8-6-9-16-5-2/h11,13H,4-10H2,1-3H3,(H,14,15). The summed E-state index contributed by atoms with van der Waals surface area (Å²) < 4.78 is 5.20. The molecule has 0 radical (unpaired) electrons. The Hall–Kier alpha value is -0.610. The molecule has 1 amide bonds. The fourth-order valence-electron chi connectivity index (χ4n) is 1.48. The molecule has 4 heteroatoms. The normalized spacial score (nSPS) is 12.4. The second kappa shape index (κ2) is 10.9. The van der Waals surface area contributed by atoms with E-state index in [1.807, 2.05) is 13.8 Å². The van der Waals surface area contributed by atoms with E-state index in [-0.39, 0.29) is 11.9 Å². The highest BCUT2D eigenvalue weighted by Crippen LogP contribution is 1.93. The number of nitrogens with one attached hydrogen (secondary N) is 2. The zero-order valence-electron chi connectivity index (χ0n) is 10.8. The second-order valence-corrected chi connectivity index (χ2v) is 3.98. The second-order valence-electron chi connectivity index (χ2n) is 3.98. The number of carbonyl (C=O) groups is 1. The predicted molar refractivity (Wildman–Crippen MR) is 66.5 cm³/mol. The summed E-state index contributed by atoms with van der Waals surface area (Å²) in [5.74, 6) is 0.0809. The van der Waals surface area contributed by atoms with Gasteiger partial charge in [0.25, 0.3) is 0 Å². The lowest BCUT2D eigenvalue weighted by Crippen LogP contribution is -2.39. The molecule has 0 aromatic carbocycles. The number of hydrogen-bond donors (Lipinski definition) is 2. The van der Waals surface area contributed by atoms with Crippen molar-refractivity contribution in [2.24, 2.45) is 0 Å². The monoisotopic (exact) mass is 230 g/mol. The van der Waals surface area contributed by atoms with Crippen LogP contribution in [0.25, 0.3) is 0 Å². The summed E-state index contributed by atoms with van der Waals surface area (Å²) in [6.45, 7) is 8.89. The maximum Gasteiger partial charge on any atom is 0.234 e. The lowest BCUT2D eigenvalue weighted by Gasteiger charge is -2.13. The van der Waals surface area contributed by atoms with E-state index < -0.39 is 0 Å². The summed E-state index contributed by atoms with van der Waals surface area (Å²) >= 11 is 0. The van der Waals surface area contributed by atoms with E-state index in [0.717, 1.165) is 39.0 Å². The summed E-state index contributed by atoms with van der Waals surface area (Å²) in [6, 6.07) is 0.280. The van der Waals surface area contributed by atoms with E-state index in [1.165, 1.54) is 0 Å². The van der Waals surface area contributed by atoms with Crippen LogP contribution in [-0.4, -0.2) is 38.3 Å². The highest BCUT2D eigenvalue weighted by Gasteiger charge is 2.04. The van der Waals surface area contributed by atoms with Gasteiger partial charge in [0, 0.05) is 19.3 Å². The fourth-order valence-corrected chi connectivity index (χ4v) is 1.48. The molecule has 96 valence electrons. The lowest BCUT2D eigenvalue weighted by molar-refractivity contribution is -0.120. The summed E-state index contributed by atoms with van der Waals surface area (Å²) in [4.78, 5) is 11.4. The fraction of sp³-hybridized carbons (Fsp3) is 0.917. The summed E-state index contributed by atoms with van der Waals surface area (Å²) in [5, 5.41) is 6.05. The smallest absolute Gasteiger partial charge is 0.234 e. The van der Waals surface area contributed by atoms with Gasteiger partial charge < -0.3 is 15.4 Å². The van der Waals surface area contributed by atoms with Gasteiger partial charge in [-0.25, -0.2) is 0 Å². The minimum atomic E-state index is 0.0809. The molecule has 0 aromatic rings. The third-order valence-electron chi connectivity index (χ3n) is 2.26. The molecule has 0 fully saturated rings. The van der Waals surface area contributed by atoms with Crippen LogP contribution in [0.3, 0.4) is 0 Å². The summed E-state index contributed by atoms with van der Waals surface area (Å²) in [5.41, 5.74) is 0. The van der Waals surface area contributed by atoms with Crippen molar-refractivity contribution >= 4 is 5.91 Å². The van der Waals surface area contributed by atoms with Crippen LogP contribution in [-0.2, 0) is 9.53 Å². The van der Waals surface area contributed by atoms with Crippen molar-refractivity contribution in [3.05, 3.63) is 0 Å². The van der Waals surface area contributed by atoms with E-state index in [2.05, 4.69) is 17.6 Å². The summed E-state index contributed by atoms with van der Waals surface area (Å²) in [7, 11) is 0. The molecule has 0 aliphatic heterocycles. The molecule has 0 aliphatic carbocycles. The minimum Gasteiger partial charge on any atom is -0.382 e. The van der Waals surface area contributed by atoms with E-state index in [0.29, 0.717) is 6.54 Å². The predicted octanol–water partition coefficient (Wildman–Crippen LogP) is 1.31. The van der Waals surface area contributed by atoms with Crippen LogP contribution < -0.4 is 10.6 Å². The highest BCUT2D eigenvalue weighted by atomic mass is 16.5.